The van der Waals surface area contributed by atoms with Gasteiger partial charge in [0.25, 0.3) is 0 Å². The van der Waals surface area contributed by atoms with E-state index in [0.29, 0.717) is 0 Å². The second kappa shape index (κ2) is 6.78. The van der Waals surface area contributed by atoms with Crippen molar-refractivity contribution in [3.8, 4) is 0 Å². The van der Waals surface area contributed by atoms with Gasteiger partial charge in [-0.2, -0.15) is 10.1 Å². The van der Waals surface area contributed by atoms with Crippen LogP contribution in [0.1, 0.15) is 18.3 Å². The van der Waals surface area contributed by atoms with Gasteiger partial charge in [-0.05, 0) is 26.8 Å². The van der Waals surface area contributed by atoms with Gasteiger partial charge >= 0.3 is 0 Å². The first-order valence-electron chi connectivity index (χ1n) is 9.04. The zero-order chi connectivity index (χ0) is 18.1. The first-order valence-corrected chi connectivity index (χ1v) is 9.04. The van der Waals surface area contributed by atoms with E-state index in [1.54, 1.807) is 0 Å². The van der Waals surface area contributed by atoms with Gasteiger partial charge in [0.1, 0.15) is 11.3 Å². The number of nitrogens with zero attached hydrogens (tertiary/aromatic N) is 7. The molecule has 0 saturated carbocycles. The highest BCUT2D eigenvalue weighted by atomic mass is 15.3. The first-order chi connectivity index (χ1) is 12.6. The highest BCUT2D eigenvalue weighted by Crippen LogP contribution is 2.22. The molecular formula is C18H24N8. The summed E-state index contributed by atoms with van der Waals surface area (Å²) >= 11 is 0. The maximum Gasteiger partial charge on any atom is 0.227 e. The number of hydrogen-bond donors (Lipinski definition) is 1. The molecule has 4 heterocycles. The van der Waals surface area contributed by atoms with Crippen LogP contribution in [-0.2, 0) is 0 Å². The lowest BCUT2D eigenvalue weighted by molar-refractivity contribution is 0.634. The molecule has 4 rings (SSSR count). The summed E-state index contributed by atoms with van der Waals surface area (Å²) in [5.74, 6) is 2.68. The molecule has 0 aliphatic carbocycles. The second-order valence-electron chi connectivity index (χ2n) is 6.57. The van der Waals surface area contributed by atoms with Crippen LogP contribution in [0.15, 0.2) is 24.5 Å². The molecule has 3 aromatic rings. The number of fused-ring (bicyclic) bond motifs is 1. The Morgan fingerprint density at radius 1 is 1.00 bits per heavy atom. The van der Waals surface area contributed by atoms with Gasteiger partial charge in [-0.1, -0.05) is 0 Å². The first kappa shape index (κ1) is 16.6. The molecule has 136 valence electrons. The van der Waals surface area contributed by atoms with Crippen LogP contribution in [0.4, 0.5) is 17.6 Å². The van der Waals surface area contributed by atoms with Crippen molar-refractivity contribution >= 4 is 23.1 Å². The van der Waals surface area contributed by atoms with E-state index in [4.69, 9.17) is 0 Å². The number of aromatic nitrogens is 5. The Bertz CT molecular complexity index is 911. The van der Waals surface area contributed by atoms with Crippen molar-refractivity contribution in [2.75, 3.05) is 47.8 Å². The largest absolute Gasteiger partial charge is 0.370 e. The molecule has 0 atom stereocenters. The van der Waals surface area contributed by atoms with Crippen LogP contribution < -0.4 is 15.1 Å². The van der Waals surface area contributed by atoms with Crippen LogP contribution in [0.5, 0.6) is 0 Å². The Balaban J connectivity index is 1.52. The minimum Gasteiger partial charge on any atom is -0.370 e. The van der Waals surface area contributed by atoms with E-state index in [-0.39, 0.29) is 0 Å². The lowest BCUT2D eigenvalue weighted by atomic mass is 10.3. The molecule has 1 N–H and O–H groups in total. The summed E-state index contributed by atoms with van der Waals surface area (Å²) in [5, 5.41) is 7.76. The van der Waals surface area contributed by atoms with Gasteiger partial charge in [0, 0.05) is 56.9 Å². The molecule has 8 heteroatoms. The van der Waals surface area contributed by atoms with Gasteiger partial charge in [0.2, 0.25) is 5.95 Å². The number of nitrogens with one attached hydrogen (secondary N) is 1. The van der Waals surface area contributed by atoms with E-state index in [2.05, 4.69) is 48.2 Å². The van der Waals surface area contributed by atoms with Crippen LogP contribution in [0, 0.1) is 13.8 Å². The molecule has 0 spiro atoms. The Kier molecular flexibility index (Phi) is 4.32. The van der Waals surface area contributed by atoms with Crippen molar-refractivity contribution in [2.45, 2.75) is 20.8 Å². The van der Waals surface area contributed by atoms with E-state index < -0.39 is 0 Å². The highest BCUT2D eigenvalue weighted by Gasteiger charge is 2.22. The molecule has 1 saturated heterocycles. The van der Waals surface area contributed by atoms with Crippen molar-refractivity contribution in [1.29, 1.82) is 0 Å². The third-order valence-corrected chi connectivity index (χ3v) is 4.55. The van der Waals surface area contributed by atoms with Gasteiger partial charge in [0.15, 0.2) is 5.82 Å². The fourth-order valence-electron chi connectivity index (χ4n) is 3.36. The van der Waals surface area contributed by atoms with E-state index in [1.165, 1.54) is 0 Å². The molecule has 0 aromatic carbocycles. The van der Waals surface area contributed by atoms with Crippen molar-refractivity contribution in [3.63, 3.8) is 0 Å². The van der Waals surface area contributed by atoms with Crippen LogP contribution >= 0.6 is 0 Å². The summed E-state index contributed by atoms with van der Waals surface area (Å²) in [6.07, 6.45) is 3.71. The fourth-order valence-corrected chi connectivity index (χ4v) is 3.36. The fraction of sp³-hybridized carbons (Fsp3) is 0.444. The maximum atomic E-state index is 4.65. The Labute approximate surface area is 152 Å². The van der Waals surface area contributed by atoms with Gasteiger partial charge in [-0.3, -0.25) is 0 Å². The van der Waals surface area contributed by atoms with E-state index in [9.17, 15) is 0 Å². The third kappa shape index (κ3) is 3.14. The van der Waals surface area contributed by atoms with E-state index in [1.807, 2.05) is 36.8 Å². The topological polar surface area (TPSA) is 74.5 Å². The molecule has 0 amide bonds. The smallest absolute Gasteiger partial charge is 0.227 e. The van der Waals surface area contributed by atoms with Crippen molar-refractivity contribution < 1.29 is 0 Å². The van der Waals surface area contributed by atoms with Crippen LogP contribution in [-0.4, -0.2) is 57.3 Å². The average Bonchev–Trinajstić information content (AvgIpc) is 3.02. The third-order valence-electron chi connectivity index (χ3n) is 4.55. The van der Waals surface area contributed by atoms with E-state index >= 15 is 0 Å². The molecule has 0 radical (unpaired) electrons. The van der Waals surface area contributed by atoms with E-state index in [0.717, 1.165) is 67.2 Å². The molecule has 1 aliphatic heterocycles. The molecule has 26 heavy (non-hydrogen) atoms. The van der Waals surface area contributed by atoms with Gasteiger partial charge in [-0.15, -0.1) is 0 Å². The predicted octanol–water partition coefficient (Wildman–Crippen LogP) is 1.89. The molecule has 3 aromatic heterocycles. The summed E-state index contributed by atoms with van der Waals surface area (Å²) in [4.78, 5) is 18.4. The molecule has 8 nitrogen and oxygen atoms in total. The molecule has 0 bridgehead atoms. The normalized spacial score (nSPS) is 14.9. The molecule has 0 unspecified atom stereocenters. The summed E-state index contributed by atoms with van der Waals surface area (Å²) < 4.78 is 1.90. The Morgan fingerprint density at radius 2 is 1.77 bits per heavy atom. The summed E-state index contributed by atoms with van der Waals surface area (Å²) in [6, 6.07) is 4.07. The van der Waals surface area contributed by atoms with Gasteiger partial charge in [-0.25, -0.2) is 14.5 Å². The summed E-state index contributed by atoms with van der Waals surface area (Å²) in [5.41, 5.74) is 3.04. The number of hydrogen-bond acceptors (Lipinski definition) is 7. The number of anilines is 3. The minimum atomic E-state index is 0.798. The SMILES string of the molecule is CCNc1cc(C)nc(N2CCN(c3nccn4nc(C)cc34)CC2)n1. The average molecular weight is 352 g/mol. The molecule has 1 fully saturated rings. The standard InChI is InChI=1S/C18H24N8/c1-4-19-16-12-13(2)21-18(22-16)25-9-7-24(8-10-25)17-15-11-14(3)23-26(15)6-5-20-17/h5-6,11-12H,4,7-10H2,1-3H3,(H,19,21,22). The molecule has 1 aliphatic rings. The number of aryl methyl sites for hydroxylation is 2. The second-order valence-corrected chi connectivity index (χ2v) is 6.57. The van der Waals surface area contributed by atoms with Gasteiger partial charge in [0.05, 0.1) is 5.69 Å². The predicted molar refractivity (Wildman–Crippen MR) is 103 cm³/mol. The number of rotatable bonds is 4. The zero-order valence-corrected chi connectivity index (χ0v) is 15.5. The minimum absolute atomic E-state index is 0.798. The summed E-state index contributed by atoms with van der Waals surface area (Å²) in [7, 11) is 0. The monoisotopic (exact) mass is 352 g/mol. The highest BCUT2D eigenvalue weighted by molar-refractivity contribution is 5.69. The summed E-state index contributed by atoms with van der Waals surface area (Å²) in [6.45, 7) is 10.4. The van der Waals surface area contributed by atoms with Crippen molar-refractivity contribution in [3.05, 3.63) is 35.9 Å². The quantitative estimate of drug-likeness (QED) is 0.768. The Morgan fingerprint density at radius 3 is 2.54 bits per heavy atom. The Hall–Kier alpha value is -2.90. The van der Waals surface area contributed by atoms with Gasteiger partial charge < -0.3 is 15.1 Å². The van der Waals surface area contributed by atoms with Crippen LogP contribution in [0.3, 0.4) is 0 Å². The lowest BCUT2D eigenvalue weighted by Gasteiger charge is -2.35. The lowest BCUT2D eigenvalue weighted by Crippen LogP contribution is -2.47. The maximum absolute atomic E-state index is 4.65. The van der Waals surface area contributed by atoms with Crippen LogP contribution in [0.25, 0.3) is 5.52 Å². The van der Waals surface area contributed by atoms with Crippen LogP contribution in [0.2, 0.25) is 0 Å². The zero-order valence-electron chi connectivity index (χ0n) is 15.5. The van der Waals surface area contributed by atoms with Crippen molar-refractivity contribution in [2.24, 2.45) is 0 Å². The van der Waals surface area contributed by atoms with Crippen molar-refractivity contribution in [1.82, 2.24) is 24.6 Å². The number of piperazine rings is 1. The molecular weight excluding hydrogens is 328 g/mol.